The maximum Gasteiger partial charge on any atom is 0.307 e. The first kappa shape index (κ1) is 14.0. The number of carboxylic acid groups (broad SMARTS) is 1. The quantitative estimate of drug-likeness (QED) is 0.822. The van der Waals surface area contributed by atoms with E-state index >= 15 is 0 Å². The van der Waals surface area contributed by atoms with Crippen LogP contribution in [0, 0.1) is 5.92 Å². The smallest absolute Gasteiger partial charge is 0.307 e. The molecule has 1 rings (SSSR count). The number of aliphatic carboxylic acids is 1. The molecule has 0 aliphatic carbocycles. The molecule has 94 valence electrons. The van der Waals surface area contributed by atoms with E-state index in [1.165, 1.54) is 0 Å². The maximum absolute atomic E-state index is 10.8. The molecule has 0 aromatic heterocycles. The SMILES string of the molecule is CC(CCC(CN)C(=O)O)c1ccccc1Cl. The van der Waals surface area contributed by atoms with E-state index in [2.05, 4.69) is 6.92 Å². The molecule has 0 heterocycles. The van der Waals surface area contributed by atoms with Gasteiger partial charge in [-0.3, -0.25) is 4.79 Å². The number of carboxylic acids is 1. The normalized spacial score (nSPS) is 14.3. The van der Waals surface area contributed by atoms with Crippen molar-refractivity contribution in [2.75, 3.05) is 6.54 Å². The minimum atomic E-state index is -0.821. The molecular weight excluding hydrogens is 238 g/mol. The van der Waals surface area contributed by atoms with Crippen LogP contribution >= 0.6 is 11.6 Å². The molecule has 0 saturated heterocycles. The maximum atomic E-state index is 10.8. The number of hydrogen-bond acceptors (Lipinski definition) is 2. The first-order valence-corrected chi connectivity index (χ1v) is 6.11. The molecule has 0 spiro atoms. The Morgan fingerprint density at radius 1 is 1.41 bits per heavy atom. The Morgan fingerprint density at radius 3 is 2.59 bits per heavy atom. The summed E-state index contributed by atoms with van der Waals surface area (Å²) >= 11 is 6.09. The van der Waals surface area contributed by atoms with Gasteiger partial charge in [-0.2, -0.15) is 0 Å². The standard InChI is InChI=1S/C13H18ClNO2/c1-9(6-7-10(8-15)13(16)17)11-4-2-3-5-12(11)14/h2-5,9-10H,6-8,15H2,1H3,(H,16,17). The lowest BCUT2D eigenvalue weighted by molar-refractivity contribution is -0.141. The van der Waals surface area contributed by atoms with Gasteiger partial charge in [0.2, 0.25) is 0 Å². The van der Waals surface area contributed by atoms with Gasteiger partial charge < -0.3 is 10.8 Å². The Hall–Kier alpha value is -1.06. The van der Waals surface area contributed by atoms with Crippen molar-refractivity contribution in [2.24, 2.45) is 11.7 Å². The lowest BCUT2D eigenvalue weighted by Gasteiger charge is -2.16. The van der Waals surface area contributed by atoms with E-state index in [1.54, 1.807) is 0 Å². The first-order chi connectivity index (χ1) is 8.06. The van der Waals surface area contributed by atoms with Gasteiger partial charge in [0.15, 0.2) is 0 Å². The molecule has 17 heavy (non-hydrogen) atoms. The highest BCUT2D eigenvalue weighted by Gasteiger charge is 2.17. The molecule has 0 radical (unpaired) electrons. The number of carbonyl (C=O) groups is 1. The molecule has 1 aromatic carbocycles. The van der Waals surface area contributed by atoms with Gasteiger partial charge in [-0.05, 0) is 30.4 Å². The van der Waals surface area contributed by atoms with Crippen molar-refractivity contribution in [1.82, 2.24) is 0 Å². The van der Waals surface area contributed by atoms with Crippen molar-refractivity contribution in [2.45, 2.75) is 25.7 Å². The molecular formula is C13H18ClNO2. The molecule has 0 saturated carbocycles. The number of halogens is 1. The number of benzene rings is 1. The van der Waals surface area contributed by atoms with Gasteiger partial charge >= 0.3 is 5.97 Å². The summed E-state index contributed by atoms with van der Waals surface area (Å²) in [5.74, 6) is -1.03. The lowest BCUT2D eigenvalue weighted by atomic mass is 9.92. The van der Waals surface area contributed by atoms with E-state index in [9.17, 15) is 4.79 Å². The molecule has 3 nitrogen and oxygen atoms in total. The van der Waals surface area contributed by atoms with E-state index in [1.807, 2.05) is 24.3 Å². The third kappa shape index (κ3) is 4.02. The Morgan fingerprint density at radius 2 is 2.06 bits per heavy atom. The molecule has 2 unspecified atom stereocenters. The van der Waals surface area contributed by atoms with Crippen LogP contribution in [-0.4, -0.2) is 17.6 Å². The van der Waals surface area contributed by atoms with Crippen LogP contribution in [0.2, 0.25) is 5.02 Å². The van der Waals surface area contributed by atoms with Crippen molar-refractivity contribution in [3.63, 3.8) is 0 Å². The van der Waals surface area contributed by atoms with Crippen molar-refractivity contribution in [3.05, 3.63) is 34.9 Å². The molecule has 2 atom stereocenters. The Balaban J connectivity index is 2.58. The highest BCUT2D eigenvalue weighted by molar-refractivity contribution is 6.31. The van der Waals surface area contributed by atoms with E-state index in [-0.39, 0.29) is 12.5 Å². The number of rotatable bonds is 6. The summed E-state index contributed by atoms with van der Waals surface area (Å²) < 4.78 is 0. The van der Waals surface area contributed by atoms with Crippen LogP contribution in [0.4, 0.5) is 0 Å². The zero-order valence-corrected chi connectivity index (χ0v) is 10.7. The summed E-state index contributed by atoms with van der Waals surface area (Å²) in [6.07, 6.45) is 1.36. The van der Waals surface area contributed by atoms with Gasteiger partial charge in [-0.15, -0.1) is 0 Å². The minimum absolute atomic E-state index is 0.185. The van der Waals surface area contributed by atoms with Crippen LogP contribution in [0.25, 0.3) is 0 Å². The Labute approximate surface area is 107 Å². The average molecular weight is 256 g/mol. The lowest BCUT2D eigenvalue weighted by Crippen LogP contribution is -2.23. The average Bonchev–Trinajstić information content (AvgIpc) is 2.29. The third-order valence-corrected chi connectivity index (χ3v) is 3.36. The zero-order valence-electron chi connectivity index (χ0n) is 9.90. The van der Waals surface area contributed by atoms with Gasteiger partial charge in [-0.1, -0.05) is 36.7 Å². The second kappa shape index (κ2) is 6.62. The fourth-order valence-corrected chi connectivity index (χ4v) is 2.15. The van der Waals surface area contributed by atoms with Crippen molar-refractivity contribution in [3.8, 4) is 0 Å². The molecule has 0 amide bonds. The first-order valence-electron chi connectivity index (χ1n) is 5.73. The van der Waals surface area contributed by atoms with E-state index < -0.39 is 11.9 Å². The minimum Gasteiger partial charge on any atom is -0.481 e. The topological polar surface area (TPSA) is 63.3 Å². The van der Waals surface area contributed by atoms with Crippen LogP contribution in [0.5, 0.6) is 0 Å². The van der Waals surface area contributed by atoms with E-state index in [0.29, 0.717) is 6.42 Å². The van der Waals surface area contributed by atoms with Gasteiger partial charge in [0, 0.05) is 11.6 Å². The van der Waals surface area contributed by atoms with Gasteiger partial charge in [0.1, 0.15) is 0 Å². The highest BCUT2D eigenvalue weighted by atomic mass is 35.5. The molecule has 4 heteroatoms. The van der Waals surface area contributed by atoms with Crippen molar-refractivity contribution < 1.29 is 9.90 Å². The Kier molecular flexibility index (Phi) is 5.45. The van der Waals surface area contributed by atoms with E-state index in [4.69, 9.17) is 22.4 Å². The Bertz CT molecular complexity index is 381. The summed E-state index contributed by atoms with van der Waals surface area (Å²) in [7, 11) is 0. The third-order valence-electron chi connectivity index (χ3n) is 3.02. The van der Waals surface area contributed by atoms with E-state index in [0.717, 1.165) is 17.0 Å². The number of nitrogens with two attached hydrogens (primary N) is 1. The largest absolute Gasteiger partial charge is 0.481 e. The van der Waals surface area contributed by atoms with Crippen LogP contribution in [0.3, 0.4) is 0 Å². The predicted molar refractivity (Wildman–Crippen MR) is 69.3 cm³/mol. The summed E-state index contributed by atoms with van der Waals surface area (Å²) in [6, 6.07) is 7.66. The van der Waals surface area contributed by atoms with Crippen LogP contribution in [-0.2, 0) is 4.79 Å². The van der Waals surface area contributed by atoms with Gasteiger partial charge in [-0.25, -0.2) is 0 Å². The molecule has 0 fully saturated rings. The second-order valence-electron chi connectivity index (χ2n) is 4.27. The summed E-state index contributed by atoms with van der Waals surface area (Å²) in [4.78, 5) is 10.8. The monoisotopic (exact) mass is 255 g/mol. The van der Waals surface area contributed by atoms with Crippen molar-refractivity contribution >= 4 is 17.6 Å². The molecule has 0 aliphatic heterocycles. The second-order valence-corrected chi connectivity index (χ2v) is 4.68. The summed E-state index contributed by atoms with van der Waals surface area (Å²) in [5, 5.41) is 9.64. The van der Waals surface area contributed by atoms with Gasteiger partial charge in [0.25, 0.3) is 0 Å². The molecule has 3 N–H and O–H groups in total. The predicted octanol–water partition coefficient (Wildman–Crippen LogP) is 2.88. The van der Waals surface area contributed by atoms with Crippen molar-refractivity contribution in [1.29, 1.82) is 0 Å². The molecule has 0 aliphatic rings. The van der Waals surface area contributed by atoms with Crippen LogP contribution in [0.15, 0.2) is 24.3 Å². The molecule has 0 bridgehead atoms. The fourth-order valence-electron chi connectivity index (χ4n) is 1.82. The summed E-state index contributed by atoms with van der Waals surface area (Å²) in [6.45, 7) is 2.24. The fraction of sp³-hybridized carbons (Fsp3) is 0.462. The number of hydrogen-bond donors (Lipinski definition) is 2. The summed E-state index contributed by atoms with van der Waals surface area (Å²) in [5.41, 5.74) is 6.49. The molecule has 1 aromatic rings. The van der Waals surface area contributed by atoms with Gasteiger partial charge in [0.05, 0.1) is 5.92 Å². The highest BCUT2D eigenvalue weighted by Crippen LogP contribution is 2.28. The van der Waals surface area contributed by atoms with Crippen LogP contribution < -0.4 is 5.73 Å². The zero-order chi connectivity index (χ0) is 12.8. The van der Waals surface area contributed by atoms with Crippen LogP contribution in [0.1, 0.15) is 31.2 Å².